The van der Waals surface area contributed by atoms with Crippen LogP contribution >= 0.6 is 27.3 Å². The summed E-state index contributed by atoms with van der Waals surface area (Å²) < 4.78 is 1.09. The van der Waals surface area contributed by atoms with Crippen LogP contribution in [0, 0.1) is 5.92 Å². The molecular weight excluding hydrogens is 312 g/mol. The van der Waals surface area contributed by atoms with Gasteiger partial charge in [0, 0.05) is 21.8 Å². The zero-order valence-electron chi connectivity index (χ0n) is 10.8. The Bertz CT molecular complexity index is 421. The number of likely N-dealkylation sites (N-methyl/N-ethyl adjacent to an activating group) is 1. The van der Waals surface area contributed by atoms with Crippen molar-refractivity contribution in [1.82, 2.24) is 10.2 Å². The Kier molecular flexibility index (Phi) is 4.81. The number of piperidine rings is 1. The van der Waals surface area contributed by atoms with Crippen molar-refractivity contribution in [2.75, 3.05) is 13.6 Å². The molecular formula is C13H19BrN2OS. The number of rotatable bonds is 3. The van der Waals surface area contributed by atoms with E-state index in [1.165, 1.54) is 11.3 Å². The van der Waals surface area contributed by atoms with Gasteiger partial charge in [-0.15, -0.1) is 11.3 Å². The van der Waals surface area contributed by atoms with E-state index in [0.29, 0.717) is 12.5 Å². The van der Waals surface area contributed by atoms with Crippen LogP contribution in [-0.2, 0) is 11.3 Å². The van der Waals surface area contributed by atoms with Gasteiger partial charge in [-0.2, -0.15) is 0 Å². The molecule has 0 aromatic carbocycles. The first-order chi connectivity index (χ1) is 8.56. The van der Waals surface area contributed by atoms with Crippen molar-refractivity contribution in [2.45, 2.75) is 32.4 Å². The maximum atomic E-state index is 12.3. The molecule has 100 valence electrons. The van der Waals surface area contributed by atoms with Crippen LogP contribution in [0.5, 0.6) is 0 Å². The summed E-state index contributed by atoms with van der Waals surface area (Å²) in [4.78, 5) is 15.3. The van der Waals surface area contributed by atoms with Crippen molar-refractivity contribution in [3.05, 3.63) is 20.8 Å². The monoisotopic (exact) mass is 330 g/mol. The molecule has 1 aliphatic rings. The van der Waals surface area contributed by atoms with E-state index >= 15 is 0 Å². The Morgan fingerprint density at radius 1 is 1.67 bits per heavy atom. The third kappa shape index (κ3) is 3.56. The zero-order chi connectivity index (χ0) is 13.1. The number of nitrogens with zero attached hydrogens (tertiary/aromatic N) is 1. The van der Waals surface area contributed by atoms with Gasteiger partial charge in [-0.05, 0) is 47.3 Å². The number of halogens is 1. The molecule has 1 N–H and O–H groups in total. The summed E-state index contributed by atoms with van der Waals surface area (Å²) in [7, 11) is 1.89. The highest BCUT2D eigenvalue weighted by atomic mass is 79.9. The lowest BCUT2D eigenvalue weighted by Crippen LogP contribution is -2.48. The Balaban J connectivity index is 1.91. The molecule has 5 heteroatoms. The molecule has 2 rings (SSSR count). The molecule has 2 atom stereocenters. The highest BCUT2D eigenvalue weighted by molar-refractivity contribution is 9.10. The Hall–Kier alpha value is -0.390. The molecule has 0 spiro atoms. The highest BCUT2D eigenvalue weighted by Gasteiger charge is 2.26. The summed E-state index contributed by atoms with van der Waals surface area (Å²) in [5.74, 6) is 0.857. The van der Waals surface area contributed by atoms with E-state index in [-0.39, 0.29) is 11.9 Å². The van der Waals surface area contributed by atoms with Gasteiger partial charge in [0.1, 0.15) is 0 Å². The van der Waals surface area contributed by atoms with E-state index < -0.39 is 0 Å². The normalized spacial score (nSPS) is 23.9. The second-order valence-corrected chi connectivity index (χ2v) is 6.97. The molecule has 3 nitrogen and oxygen atoms in total. The van der Waals surface area contributed by atoms with Crippen LogP contribution in [0.4, 0.5) is 0 Å². The number of hydrogen-bond acceptors (Lipinski definition) is 3. The predicted molar refractivity (Wildman–Crippen MR) is 78.7 cm³/mol. The smallest absolute Gasteiger partial charge is 0.239 e. The largest absolute Gasteiger partial charge is 0.339 e. The molecule has 1 saturated heterocycles. The molecule has 2 heterocycles. The van der Waals surface area contributed by atoms with Crippen LogP contribution in [0.1, 0.15) is 24.6 Å². The van der Waals surface area contributed by atoms with E-state index in [2.05, 4.69) is 39.6 Å². The van der Waals surface area contributed by atoms with Crippen LogP contribution in [0.3, 0.4) is 0 Å². The van der Waals surface area contributed by atoms with Crippen LogP contribution in [-0.4, -0.2) is 30.4 Å². The first kappa shape index (κ1) is 14.0. The molecule has 18 heavy (non-hydrogen) atoms. The lowest BCUT2D eigenvalue weighted by Gasteiger charge is -2.30. The van der Waals surface area contributed by atoms with E-state index in [1.54, 1.807) is 11.3 Å². The van der Waals surface area contributed by atoms with Crippen LogP contribution < -0.4 is 5.32 Å². The number of hydrogen-bond donors (Lipinski definition) is 1. The van der Waals surface area contributed by atoms with Gasteiger partial charge in [-0.25, -0.2) is 0 Å². The van der Waals surface area contributed by atoms with Gasteiger partial charge in [0.15, 0.2) is 0 Å². The number of carbonyl (C=O) groups excluding carboxylic acids is 1. The molecule has 0 bridgehead atoms. The van der Waals surface area contributed by atoms with Crippen molar-refractivity contribution < 1.29 is 4.79 Å². The van der Waals surface area contributed by atoms with Gasteiger partial charge in [-0.3, -0.25) is 4.79 Å². The maximum absolute atomic E-state index is 12.3. The fourth-order valence-electron chi connectivity index (χ4n) is 2.31. The van der Waals surface area contributed by atoms with Gasteiger partial charge in [0.2, 0.25) is 5.91 Å². The number of amides is 1. The van der Waals surface area contributed by atoms with Gasteiger partial charge in [0.25, 0.3) is 0 Å². The summed E-state index contributed by atoms with van der Waals surface area (Å²) in [5, 5.41) is 5.37. The average molecular weight is 331 g/mol. The molecule has 0 radical (unpaired) electrons. The standard InChI is InChI=1S/C13H19BrN2OS/c1-9-3-4-15-12(5-9)13(17)16(2)7-11-6-10(14)8-18-11/h6,8-9,12,15H,3-5,7H2,1-2H3. The minimum atomic E-state index is 0.00199. The predicted octanol–water partition coefficient (Wildman–Crippen LogP) is 2.86. The summed E-state index contributed by atoms with van der Waals surface area (Å²) in [5.41, 5.74) is 0. The Morgan fingerprint density at radius 2 is 2.44 bits per heavy atom. The van der Waals surface area contributed by atoms with Crippen LogP contribution in [0.2, 0.25) is 0 Å². The van der Waals surface area contributed by atoms with Crippen molar-refractivity contribution in [3.8, 4) is 0 Å². The Morgan fingerprint density at radius 3 is 3.06 bits per heavy atom. The quantitative estimate of drug-likeness (QED) is 0.924. The fraction of sp³-hybridized carbons (Fsp3) is 0.615. The molecule has 0 saturated carbocycles. The first-order valence-electron chi connectivity index (χ1n) is 6.27. The number of nitrogens with one attached hydrogen (secondary N) is 1. The summed E-state index contributed by atoms with van der Waals surface area (Å²) in [6.07, 6.45) is 2.13. The van der Waals surface area contributed by atoms with E-state index in [4.69, 9.17) is 0 Å². The lowest BCUT2D eigenvalue weighted by molar-refractivity contribution is -0.133. The summed E-state index contributed by atoms with van der Waals surface area (Å²) >= 11 is 5.12. The van der Waals surface area contributed by atoms with E-state index in [1.807, 2.05) is 11.9 Å². The Labute approximate surface area is 121 Å². The van der Waals surface area contributed by atoms with Crippen LogP contribution in [0.25, 0.3) is 0 Å². The molecule has 1 aromatic rings. The molecule has 2 unspecified atom stereocenters. The second-order valence-electron chi connectivity index (χ2n) is 5.06. The van der Waals surface area contributed by atoms with Crippen molar-refractivity contribution in [1.29, 1.82) is 0 Å². The zero-order valence-corrected chi connectivity index (χ0v) is 13.2. The van der Waals surface area contributed by atoms with Gasteiger partial charge >= 0.3 is 0 Å². The van der Waals surface area contributed by atoms with Crippen LogP contribution in [0.15, 0.2) is 15.9 Å². The minimum Gasteiger partial charge on any atom is -0.339 e. The number of thiophene rings is 1. The van der Waals surface area contributed by atoms with Crippen molar-refractivity contribution in [2.24, 2.45) is 5.92 Å². The van der Waals surface area contributed by atoms with Gasteiger partial charge in [0.05, 0.1) is 12.6 Å². The van der Waals surface area contributed by atoms with E-state index in [9.17, 15) is 4.79 Å². The van der Waals surface area contributed by atoms with Gasteiger partial charge < -0.3 is 10.2 Å². The SMILES string of the molecule is CC1CCNC(C(=O)N(C)Cc2cc(Br)cs2)C1. The first-order valence-corrected chi connectivity index (χ1v) is 7.95. The fourth-order valence-corrected chi connectivity index (χ4v) is 3.81. The molecule has 1 amide bonds. The molecule has 1 fully saturated rings. The minimum absolute atomic E-state index is 0.00199. The highest BCUT2D eigenvalue weighted by Crippen LogP contribution is 2.22. The average Bonchev–Trinajstić information content (AvgIpc) is 2.73. The van der Waals surface area contributed by atoms with Gasteiger partial charge in [-0.1, -0.05) is 6.92 Å². The third-order valence-corrected chi connectivity index (χ3v) is 5.04. The van der Waals surface area contributed by atoms with Crippen molar-refractivity contribution >= 4 is 33.2 Å². The van der Waals surface area contributed by atoms with E-state index in [0.717, 1.165) is 17.4 Å². The maximum Gasteiger partial charge on any atom is 0.239 e. The summed E-state index contributed by atoms with van der Waals surface area (Å²) in [6, 6.07) is 2.08. The third-order valence-electron chi connectivity index (χ3n) is 3.36. The number of carbonyl (C=O) groups is 1. The molecule has 1 aliphatic heterocycles. The summed E-state index contributed by atoms with van der Waals surface area (Å²) in [6.45, 7) is 3.87. The topological polar surface area (TPSA) is 32.3 Å². The van der Waals surface area contributed by atoms with Crippen molar-refractivity contribution in [3.63, 3.8) is 0 Å². The lowest BCUT2D eigenvalue weighted by atomic mass is 9.93. The second kappa shape index (κ2) is 6.17. The molecule has 0 aliphatic carbocycles. The molecule has 1 aromatic heterocycles.